The summed E-state index contributed by atoms with van der Waals surface area (Å²) in [6.07, 6.45) is 4.02. The van der Waals surface area contributed by atoms with Gasteiger partial charge in [-0.3, -0.25) is 14.8 Å². The first-order chi connectivity index (χ1) is 16.2. The molecule has 2 aromatic rings. The highest BCUT2D eigenvalue weighted by Crippen LogP contribution is 2.36. The predicted octanol–water partition coefficient (Wildman–Crippen LogP) is 3.60. The van der Waals surface area contributed by atoms with Crippen LogP contribution in [0, 0.1) is 6.92 Å². The minimum atomic E-state index is -3.86. The van der Waals surface area contributed by atoms with Gasteiger partial charge in [-0.2, -0.15) is 0 Å². The molecule has 34 heavy (non-hydrogen) atoms. The second kappa shape index (κ2) is 13.4. The summed E-state index contributed by atoms with van der Waals surface area (Å²) in [4.78, 5) is 28.2. The van der Waals surface area contributed by atoms with E-state index in [0.29, 0.717) is 42.1 Å². The van der Waals surface area contributed by atoms with Crippen LogP contribution in [0.3, 0.4) is 0 Å². The molecule has 1 aromatic carbocycles. The molecule has 0 atom stereocenters. The van der Waals surface area contributed by atoms with E-state index in [1.54, 1.807) is 24.5 Å². The summed E-state index contributed by atoms with van der Waals surface area (Å²) < 4.78 is 33.8. The minimum Gasteiger partial charge on any atom is -0.495 e. The van der Waals surface area contributed by atoms with Crippen LogP contribution in [0.4, 0.5) is 5.13 Å². The van der Waals surface area contributed by atoms with Crippen molar-refractivity contribution in [3.8, 4) is 16.2 Å². The Morgan fingerprint density at radius 2 is 1.85 bits per heavy atom. The molecule has 2 rings (SSSR count). The largest absolute Gasteiger partial charge is 0.495 e. The first-order valence-electron chi connectivity index (χ1n) is 11.1. The van der Waals surface area contributed by atoms with Gasteiger partial charge in [0.25, 0.3) is 0 Å². The van der Waals surface area contributed by atoms with Crippen molar-refractivity contribution in [3.63, 3.8) is 0 Å². The molecule has 1 heterocycles. The first-order valence-corrected chi connectivity index (χ1v) is 13.4. The number of rotatable bonds is 14. The van der Waals surface area contributed by atoms with Gasteiger partial charge in [-0.05, 0) is 49.9 Å². The third-order valence-electron chi connectivity index (χ3n) is 5.01. The number of sulfonamides is 1. The fourth-order valence-electron chi connectivity index (χ4n) is 3.19. The molecule has 0 aliphatic carbocycles. The summed E-state index contributed by atoms with van der Waals surface area (Å²) in [5, 5.41) is 11.8. The molecule has 0 unspecified atom stereocenters. The third kappa shape index (κ3) is 8.05. The number of aryl methyl sites for hydroxylation is 1. The fraction of sp³-hybridized carbons (Fsp3) is 0.500. The predicted molar refractivity (Wildman–Crippen MR) is 131 cm³/mol. The Hall–Kier alpha value is -2.54. The highest BCUT2D eigenvalue weighted by atomic mass is 32.2. The summed E-state index contributed by atoms with van der Waals surface area (Å²) in [5.74, 6) is -0.350. The molecule has 0 aliphatic rings. The molecule has 0 saturated carbocycles. The molecule has 12 heteroatoms. The van der Waals surface area contributed by atoms with Crippen LogP contribution in [-0.2, 0) is 19.6 Å². The highest BCUT2D eigenvalue weighted by molar-refractivity contribution is 7.89. The molecular formula is C22H32N4O6S2. The van der Waals surface area contributed by atoms with Gasteiger partial charge in [0.1, 0.15) is 10.6 Å². The van der Waals surface area contributed by atoms with Crippen LogP contribution in [0.2, 0.25) is 0 Å². The summed E-state index contributed by atoms with van der Waals surface area (Å²) in [5.41, 5.74) is 2.90. The van der Waals surface area contributed by atoms with Gasteiger partial charge in [-0.1, -0.05) is 31.1 Å². The molecule has 2 amide bonds. The van der Waals surface area contributed by atoms with Crippen LogP contribution >= 0.6 is 11.3 Å². The molecule has 0 fully saturated rings. The van der Waals surface area contributed by atoms with E-state index < -0.39 is 15.9 Å². The van der Waals surface area contributed by atoms with E-state index in [2.05, 4.69) is 15.0 Å². The first kappa shape index (κ1) is 27.7. The number of hydrogen-bond acceptors (Lipinski definition) is 8. The van der Waals surface area contributed by atoms with Crippen LogP contribution in [0.15, 0.2) is 23.1 Å². The smallest absolute Gasteiger partial charge is 0.244 e. The van der Waals surface area contributed by atoms with Gasteiger partial charge in [0, 0.05) is 19.4 Å². The van der Waals surface area contributed by atoms with Crippen molar-refractivity contribution in [2.24, 2.45) is 0 Å². The van der Waals surface area contributed by atoms with E-state index in [1.165, 1.54) is 24.5 Å². The van der Waals surface area contributed by atoms with Gasteiger partial charge in [0.15, 0.2) is 5.13 Å². The van der Waals surface area contributed by atoms with Gasteiger partial charge < -0.3 is 10.1 Å². The van der Waals surface area contributed by atoms with Crippen molar-refractivity contribution < 1.29 is 28.0 Å². The molecule has 10 nitrogen and oxygen atoms in total. The molecule has 0 aliphatic heterocycles. The van der Waals surface area contributed by atoms with E-state index in [-0.39, 0.29) is 29.5 Å². The lowest BCUT2D eigenvalue weighted by Gasteiger charge is -2.12. The number of benzene rings is 1. The van der Waals surface area contributed by atoms with Crippen molar-refractivity contribution in [3.05, 3.63) is 23.9 Å². The number of carbonyl (C=O) groups excluding carboxylic acids is 2. The van der Waals surface area contributed by atoms with Crippen LogP contribution in [-0.4, -0.2) is 44.1 Å². The Kier molecular flexibility index (Phi) is 10.9. The minimum absolute atomic E-state index is 0.00786. The number of hydroxylamine groups is 1. The van der Waals surface area contributed by atoms with Crippen molar-refractivity contribution in [1.82, 2.24) is 15.2 Å². The average molecular weight is 513 g/mol. The summed E-state index contributed by atoms with van der Waals surface area (Å²) in [7, 11) is -2.45. The maximum atomic E-state index is 13.0. The lowest BCUT2D eigenvalue weighted by atomic mass is 10.1. The van der Waals surface area contributed by atoms with Crippen molar-refractivity contribution in [1.29, 1.82) is 0 Å². The summed E-state index contributed by atoms with van der Waals surface area (Å²) in [6.45, 7) is 4.02. The number of thiazole rings is 1. The van der Waals surface area contributed by atoms with E-state index in [4.69, 9.17) is 9.94 Å². The van der Waals surface area contributed by atoms with Gasteiger partial charge in [0.05, 0.1) is 17.7 Å². The number of nitrogens with zero attached hydrogens (tertiary/aromatic N) is 1. The second-order valence-electron chi connectivity index (χ2n) is 7.69. The lowest BCUT2D eigenvalue weighted by molar-refractivity contribution is -0.129. The Labute approximate surface area is 204 Å². The molecule has 0 bridgehead atoms. The Bertz CT molecular complexity index is 1090. The van der Waals surface area contributed by atoms with Crippen LogP contribution in [0.25, 0.3) is 10.4 Å². The number of carbonyl (C=O) groups is 2. The Balaban J connectivity index is 2.13. The van der Waals surface area contributed by atoms with Crippen LogP contribution in [0.1, 0.15) is 57.6 Å². The van der Waals surface area contributed by atoms with E-state index >= 15 is 0 Å². The number of nitrogens with one attached hydrogen (secondary N) is 3. The molecule has 0 spiro atoms. The maximum Gasteiger partial charge on any atom is 0.244 e. The molecular weight excluding hydrogens is 480 g/mol. The number of hydrogen-bond donors (Lipinski definition) is 4. The third-order valence-corrected chi connectivity index (χ3v) is 7.62. The van der Waals surface area contributed by atoms with Gasteiger partial charge in [0.2, 0.25) is 21.8 Å². The number of unbranched alkanes of at least 4 members (excludes halogenated alkanes) is 3. The van der Waals surface area contributed by atoms with Gasteiger partial charge >= 0.3 is 0 Å². The Morgan fingerprint density at radius 3 is 2.53 bits per heavy atom. The topological polar surface area (TPSA) is 147 Å². The number of ether oxygens (including phenoxy) is 1. The second-order valence-corrected chi connectivity index (χ2v) is 10.4. The number of amides is 2. The average Bonchev–Trinajstić information content (AvgIpc) is 3.18. The van der Waals surface area contributed by atoms with Crippen LogP contribution in [0.5, 0.6) is 5.75 Å². The van der Waals surface area contributed by atoms with Crippen LogP contribution < -0.4 is 20.3 Å². The van der Waals surface area contributed by atoms with E-state index in [9.17, 15) is 18.0 Å². The summed E-state index contributed by atoms with van der Waals surface area (Å²) in [6, 6.07) is 4.89. The molecule has 0 saturated heterocycles. The van der Waals surface area contributed by atoms with Crippen molar-refractivity contribution in [2.45, 2.75) is 63.7 Å². The molecule has 188 valence electrons. The summed E-state index contributed by atoms with van der Waals surface area (Å²) >= 11 is 1.29. The van der Waals surface area contributed by atoms with Gasteiger partial charge in [-0.15, -0.1) is 0 Å². The zero-order valence-electron chi connectivity index (χ0n) is 19.6. The SMILES string of the molecule is CCCCC(=O)Nc1nc(C)c(-c2ccc(OC)c(S(=O)(=O)NCCCCCC(=O)NO)c2)s1. The standard InChI is InChI=1S/C22H32N4O6S2/c1-4-5-9-19(27)25-22-24-15(2)21(33-22)16-11-12-17(32-3)18(14-16)34(30,31)23-13-8-6-7-10-20(28)26-29/h11-12,14,23,29H,4-10,13H2,1-3H3,(H,26,28)(H,24,25,27). The zero-order valence-corrected chi connectivity index (χ0v) is 21.3. The van der Waals surface area contributed by atoms with Crippen molar-refractivity contribution in [2.75, 3.05) is 19.0 Å². The number of anilines is 1. The Morgan fingerprint density at radius 1 is 1.12 bits per heavy atom. The number of methoxy groups -OCH3 is 1. The maximum absolute atomic E-state index is 13.0. The van der Waals surface area contributed by atoms with E-state index in [1.807, 2.05) is 6.92 Å². The normalized spacial score (nSPS) is 11.3. The highest BCUT2D eigenvalue weighted by Gasteiger charge is 2.21. The monoisotopic (exact) mass is 512 g/mol. The molecule has 1 aromatic heterocycles. The molecule has 4 N–H and O–H groups in total. The van der Waals surface area contributed by atoms with Crippen molar-refractivity contribution >= 4 is 38.3 Å². The zero-order chi connectivity index (χ0) is 25.1. The molecule has 0 radical (unpaired) electrons. The quantitative estimate of drug-likeness (QED) is 0.172. The number of aromatic nitrogens is 1. The fourth-order valence-corrected chi connectivity index (χ4v) is 5.44. The van der Waals surface area contributed by atoms with Gasteiger partial charge in [-0.25, -0.2) is 23.6 Å². The lowest BCUT2D eigenvalue weighted by Crippen LogP contribution is -2.25. The van der Waals surface area contributed by atoms with E-state index in [0.717, 1.165) is 17.7 Å².